The summed E-state index contributed by atoms with van der Waals surface area (Å²) in [5, 5.41) is 0. The molecule has 0 radical (unpaired) electrons. The van der Waals surface area contributed by atoms with Crippen LogP contribution in [-0.2, 0) is 4.74 Å². The lowest BCUT2D eigenvalue weighted by molar-refractivity contribution is -0.0507. The smallest absolute Gasteiger partial charge is 0.0800 e. The first kappa shape index (κ1) is 12.2. The molecular formula is C16H23NO. The number of rotatable bonds is 3. The van der Waals surface area contributed by atoms with Gasteiger partial charge < -0.3 is 9.64 Å². The largest absolute Gasteiger partial charge is 0.370 e. The Morgan fingerprint density at radius 2 is 1.72 bits per heavy atom. The summed E-state index contributed by atoms with van der Waals surface area (Å²) in [4.78, 5) is 2.56. The Bertz CT molecular complexity index is 377. The second-order valence-electron chi connectivity index (χ2n) is 5.83. The van der Waals surface area contributed by atoms with Gasteiger partial charge in [-0.25, -0.2) is 0 Å². The third kappa shape index (κ3) is 2.32. The van der Waals surface area contributed by atoms with Crippen LogP contribution in [0.5, 0.6) is 0 Å². The van der Waals surface area contributed by atoms with Crippen molar-refractivity contribution in [1.29, 1.82) is 0 Å². The van der Waals surface area contributed by atoms with Gasteiger partial charge in [-0.1, -0.05) is 30.3 Å². The highest BCUT2D eigenvalue weighted by Crippen LogP contribution is 2.37. The summed E-state index contributed by atoms with van der Waals surface area (Å²) < 4.78 is 6.28. The van der Waals surface area contributed by atoms with Gasteiger partial charge in [-0.05, 0) is 45.2 Å². The van der Waals surface area contributed by atoms with Crippen molar-refractivity contribution < 1.29 is 4.74 Å². The minimum Gasteiger partial charge on any atom is -0.370 e. The molecule has 2 fully saturated rings. The highest BCUT2D eigenvalue weighted by atomic mass is 16.5. The molecule has 2 saturated heterocycles. The highest BCUT2D eigenvalue weighted by Gasteiger charge is 2.39. The van der Waals surface area contributed by atoms with Crippen LogP contribution in [0, 0.1) is 0 Å². The van der Waals surface area contributed by atoms with Crippen LogP contribution in [0.3, 0.4) is 0 Å². The van der Waals surface area contributed by atoms with Gasteiger partial charge in [0.05, 0.1) is 12.2 Å². The van der Waals surface area contributed by atoms with Crippen LogP contribution in [0.4, 0.5) is 0 Å². The van der Waals surface area contributed by atoms with Crippen molar-refractivity contribution in [2.24, 2.45) is 0 Å². The number of hydrogen-bond donors (Lipinski definition) is 0. The predicted octanol–water partition coefficient (Wildman–Crippen LogP) is 3.39. The van der Waals surface area contributed by atoms with E-state index in [2.05, 4.69) is 49.2 Å². The molecule has 0 spiro atoms. The van der Waals surface area contributed by atoms with Crippen molar-refractivity contribution in [3.63, 3.8) is 0 Å². The molecule has 2 aliphatic rings. The number of fused-ring (bicyclic) bond motifs is 2. The lowest BCUT2D eigenvalue weighted by Gasteiger charge is -2.37. The maximum absolute atomic E-state index is 6.28. The van der Waals surface area contributed by atoms with E-state index in [4.69, 9.17) is 4.74 Å². The molecule has 0 aromatic heterocycles. The maximum Gasteiger partial charge on any atom is 0.0800 e. The second-order valence-corrected chi connectivity index (χ2v) is 5.83. The first-order valence-electron chi connectivity index (χ1n) is 7.16. The van der Waals surface area contributed by atoms with Gasteiger partial charge >= 0.3 is 0 Å². The Hall–Kier alpha value is -0.860. The summed E-state index contributed by atoms with van der Waals surface area (Å²) in [5.41, 5.74) is 1.30. The minimum absolute atomic E-state index is 0.221. The summed E-state index contributed by atoms with van der Waals surface area (Å²) in [5.74, 6) is 0. The molecule has 2 nitrogen and oxygen atoms in total. The summed E-state index contributed by atoms with van der Waals surface area (Å²) in [6.45, 7) is 2.18. The Morgan fingerprint density at radius 1 is 1.11 bits per heavy atom. The zero-order valence-corrected chi connectivity index (χ0v) is 11.4. The van der Waals surface area contributed by atoms with Crippen molar-refractivity contribution in [1.82, 2.24) is 4.90 Å². The number of ether oxygens (including phenoxy) is 1. The van der Waals surface area contributed by atoms with E-state index in [9.17, 15) is 0 Å². The van der Waals surface area contributed by atoms with E-state index in [1.807, 2.05) is 0 Å². The fourth-order valence-corrected chi connectivity index (χ4v) is 3.56. The van der Waals surface area contributed by atoms with E-state index in [0.717, 1.165) is 12.1 Å². The van der Waals surface area contributed by atoms with Gasteiger partial charge in [0.15, 0.2) is 0 Å². The van der Waals surface area contributed by atoms with Gasteiger partial charge in [0.2, 0.25) is 0 Å². The summed E-state index contributed by atoms with van der Waals surface area (Å²) in [6.07, 6.45) is 5.82. The number of benzene rings is 1. The maximum atomic E-state index is 6.28. The normalized spacial score (nSPS) is 33.6. The lowest BCUT2D eigenvalue weighted by Crippen LogP contribution is -2.43. The van der Waals surface area contributed by atoms with Gasteiger partial charge in [0.25, 0.3) is 0 Å². The molecule has 3 rings (SSSR count). The van der Waals surface area contributed by atoms with Gasteiger partial charge in [-0.2, -0.15) is 0 Å². The highest BCUT2D eigenvalue weighted by molar-refractivity contribution is 5.17. The zero-order valence-electron chi connectivity index (χ0n) is 11.4. The minimum atomic E-state index is 0.221. The molecule has 0 amide bonds. The molecule has 3 atom stereocenters. The number of piperidine rings is 1. The van der Waals surface area contributed by atoms with Crippen LogP contribution in [0.1, 0.15) is 44.3 Å². The molecule has 98 valence electrons. The zero-order chi connectivity index (χ0) is 12.5. The lowest BCUT2D eigenvalue weighted by atomic mass is 10.00. The van der Waals surface area contributed by atoms with Crippen LogP contribution >= 0.6 is 0 Å². The van der Waals surface area contributed by atoms with E-state index in [1.165, 1.54) is 31.2 Å². The number of hydrogen-bond acceptors (Lipinski definition) is 2. The van der Waals surface area contributed by atoms with Gasteiger partial charge in [0.1, 0.15) is 0 Å². The van der Waals surface area contributed by atoms with Crippen LogP contribution in [0.25, 0.3) is 0 Å². The van der Waals surface area contributed by atoms with Crippen molar-refractivity contribution in [3.05, 3.63) is 35.9 Å². The Morgan fingerprint density at radius 3 is 2.33 bits per heavy atom. The molecule has 3 unspecified atom stereocenters. The van der Waals surface area contributed by atoms with Gasteiger partial charge in [-0.3, -0.25) is 0 Å². The second kappa shape index (κ2) is 5.02. The summed E-state index contributed by atoms with van der Waals surface area (Å²) >= 11 is 0. The fraction of sp³-hybridized carbons (Fsp3) is 0.625. The third-order valence-corrected chi connectivity index (χ3v) is 4.72. The molecule has 2 aliphatic heterocycles. The predicted molar refractivity (Wildman–Crippen MR) is 73.5 cm³/mol. The van der Waals surface area contributed by atoms with Crippen molar-refractivity contribution in [3.8, 4) is 0 Å². The molecule has 2 heterocycles. The molecular weight excluding hydrogens is 222 g/mol. The molecule has 2 bridgehead atoms. The standard InChI is InChI=1S/C16H23NO/c1-12(13-6-4-3-5-7-13)18-16-10-14-8-9-15(11-16)17(14)2/h3-7,12,14-16H,8-11H2,1-2H3. The van der Waals surface area contributed by atoms with Crippen LogP contribution in [0.15, 0.2) is 30.3 Å². The Labute approximate surface area is 110 Å². The quantitative estimate of drug-likeness (QED) is 0.809. The molecule has 18 heavy (non-hydrogen) atoms. The van der Waals surface area contributed by atoms with E-state index >= 15 is 0 Å². The topological polar surface area (TPSA) is 12.5 Å². The molecule has 0 aliphatic carbocycles. The van der Waals surface area contributed by atoms with E-state index < -0.39 is 0 Å². The van der Waals surface area contributed by atoms with E-state index in [-0.39, 0.29) is 6.10 Å². The average molecular weight is 245 g/mol. The third-order valence-electron chi connectivity index (χ3n) is 4.72. The van der Waals surface area contributed by atoms with Crippen molar-refractivity contribution in [2.75, 3.05) is 7.05 Å². The van der Waals surface area contributed by atoms with Crippen molar-refractivity contribution >= 4 is 0 Å². The first-order valence-corrected chi connectivity index (χ1v) is 7.16. The molecule has 1 aromatic carbocycles. The monoisotopic (exact) mass is 245 g/mol. The summed E-state index contributed by atoms with van der Waals surface area (Å²) in [6, 6.07) is 12.1. The molecule has 2 heteroatoms. The Kier molecular flexibility index (Phi) is 3.40. The number of nitrogens with zero attached hydrogens (tertiary/aromatic N) is 1. The fourth-order valence-electron chi connectivity index (χ4n) is 3.56. The van der Waals surface area contributed by atoms with Crippen LogP contribution in [-0.4, -0.2) is 30.1 Å². The first-order chi connectivity index (χ1) is 8.74. The molecule has 0 N–H and O–H groups in total. The average Bonchev–Trinajstić information content (AvgIpc) is 2.63. The molecule has 1 aromatic rings. The van der Waals surface area contributed by atoms with Crippen molar-refractivity contribution in [2.45, 2.75) is 56.9 Å². The SMILES string of the molecule is CC(OC1CC2CCC(C1)N2C)c1ccccc1. The molecule has 0 saturated carbocycles. The van der Waals surface area contributed by atoms with Gasteiger partial charge in [0, 0.05) is 12.1 Å². The van der Waals surface area contributed by atoms with E-state index in [0.29, 0.717) is 6.10 Å². The summed E-state index contributed by atoms with van der Waals surface area (Å²) in [7, 11) is 2.28. The van der Waals surface area contributed by atoms with E-state index in [1.54, 1.807) is 0 Å². The Balaban J connectivity index is 1.61. The van der Waals surface area contributed by atoms with Crippen LogP contribution in [0.2, 0.25) is 0 Å². The van der Waals surface area contributed by atoms with Crippen LogP contribution < -0.4 is 0 Å². The van der Waals surface area contributed by atoms with Gasteiger partial charge in [-0.15, -0.1) is 0 Å².